The van der Waals surface area contributed by atoms with E-state index >= 15 is 0 Å². The second kappa shape index (κ2) is 5.68. The number of aryl methyl sites for hydroxylation is 1. The van der Waals surface area contributed by atoms with Gasteiger partial charge in [0.2, 0.25) is 0 Å². The van der Waals surface area contributed by atoms with Crippen molar-refractivity contribution in [2.45, 2.75) is 44.9 Å². The average molecular weight is 296 g/mol. The molecule has 2 aromatic carbocycles. The first-order valence-electron chi connectivity index (χ1n) is 7.08. The Morgan fingerprint density at radius 1 is 1.10 bits per heavy atom. The molecule has 0 saturated heterocycles. The molecule has 0 aliphatic carbocycles. The Balaban J connectivity index is 2.65. The molecule has 0 radical (unpaired) electrons. The van der Waals surface area contributed by atoms with Crippen LogP contribution in [0.5, 0.6) is 0 Å². The summed E-state index contributed by atoms with van der Waals surface area (Å²) in [7, 11) is 0. The molecule has 0 spiro atoms. The van der Waals surface area contributed by atoms with Gasteiger partial charge in [-0.05, 0) is 36.1 Å². The zero-order chi connectivity index (χ0) is 15.7. The fraction of sp³-hybridized carbons (Fsp3) is 0.412. The van der Waals surface area contributed by atoms with E-state index in [-0.39, 0.29) is 5.56 Å². The molecule has 2 rings (SSSR count). The van der Waals surface area contributed by atoms with Crippen molar-refractivity contribution in [3.63, 3.8) is 0 Å². The molecular formula is C17H19F3O. The van der Waals surface area contributed by atoms with Crippen molar-refractivity contribution >= 4 is 10.8 Å². The highest BCUT2D eigenvalue weighted by molar-refractivity contribution is 5.87. The molecule has 0 aromatic heterocycles. The Bertz CT molecular complexity index is 629. The van der Waals surface area contributed by atoms with Gasteiger partial charge in [-0.3, -0.25) is 0 Å². The van der Waals surface area contributed by atoms with Crippen LogP contribution in [0.4, 0.5) is 13.2 Å². The van der Waals surface area contributed by atoms with Crippen LogP contribution >= 0.6 is 0 Å². The minimum Gasteiger partial charge on any atom is -0.376 e. The maximum absolute atomic E-state index is 13.2. The lowest BCUT2D eigenvalue weighted by Crippen LogP contribution is -2.39. The highest BCUT2D eigenvalue weighted by Crippen LogP contribution is 2.41. The van der Waals surface area contributed by atoms with Crippen LogP contribution in [-0.4, -0.2) is 11.3 Å². The van der Waals surface area contributed by atoms with E-state index in [1.54, 1.807) is 24.3 Å². The number of hydrogen-bond acceptors (Lipinski definition) is 1. The molecule has 0 amide bonds. The van der Waals surface area contributed by atoms with Crippen LogP contribution in [0.15, 0.2) is 36.4 Å². The van der Waals surface area contributed by atoms with Gasteiger partial charge in [-0.15, -0.1) is 0 Å². The summed E-state index contributed by atoms with van der Waals surface area (Å²) < 4.78 is 39.5. The second-order valence-corrected chi connectivity index (χ2v) is 5.54. The van der Waals surface area contributed by atoms with Crippen molar-refractivity contribution in [1.82, 2.24) is 0 Å². The highest BCUT2D eigenvalue weighted by Gasteiger charge is 2.51. The van der Waals surface area contributed by atoms with E-state index in [4.69, 9.17) is 0 Å². The maximum Gasteiger partial charge on any atom is 0.421 e. The van der Waals surface area contributed by atoms with Crippen LogP contribution in [0.2, 0.25) is 0 Å². The van der Waals surface area contributed by atoms with Crippen molar-refractivity contribution in [2.24, 2.45) is 0 Å². The van der Waals surface area contributed by atoms with Gasteiger partial charge in [-0.1, -0.05) is 49.7 Å². The summed E-state index contributed by atoms with van der Waals surface area (Å²) in [5, 5.41) is 11.2. The van der Waals surface area contributed by atoms with Gasteiger partial charge >= 0.3 is 6.18 Å². The SMILES string of the molecule is CCCCc1cc(C(C)(O)C(F)(F)F)c2ccccc2c1. The average Bonchev–Trinajstić information content (AvgIpc) is 2.42. The topological polar surface area (TPSA) is 20.2 Å². The third kappa shape index (κ3) is 3.05. The molecule has 0 bridgehead atoms. The van der Waals surface area contributed by atoms with Crippen LogP contribution in [0, 0.1) is 0 Å². The van der Waals surface area contributed by atoms with Crippen molar-refractivity contribution < 1.29 is 18.3 Å². The molecule has 2 aromatic rings. The van der Waals surface area contributed by atoms with Gasteiger partial charge in [0.15, 0.2) is 5.60 Å². The third-order valence-electron chi connectivity index (χ3n) is 3.82. The molecule has 0 heterocycles. The van der Waals surface area contributed by atoms with Gasteiger partial charge in [0, 0.05) is 5.56 Å². The molecule has 21 heavy (non-hydrogen) atoms. The number of rotatable bonds is 4. The quantitative estimate of drug-likeness (QED) is 0.846. The molecule has 0 fully saturated rings. The first-order valence-corrected chi connectivity index (χ1v) is 7.08. The number of unbranched alkanes of at least 4 members (excludes halogenated alkanes) is 1. The zero-order valence-electron chi connectivity index (χ0n) is 12.2. The molecule has 1 atom stereocenters. The van der Waals surface area contributed by atoms with E-state index in [1.165, 1.54) is 6.07 Å². The standard InChI is InChI=1S/C17H19F3O/c1-3-4-7-12-10-13-8-5-6-9-14(13)15(11-12)16(2,21)17(18,19)20/h5-6,8-11,21H,3-4,7H2,1-2H3. The summed E-state index contributed by atoms with van der Waals surface area (Å²) in [5.74, 6) is 0. The van der Waals surface area contributed by atoms with Gasteiger partial charge in [-0.2, -0.15) is 13.2 Å². The Morgan fingerprint density at radius 3 is 2.38 bits per heavy atom. The van der Waals surface area contributed by atoms with Crippen LogP contribution in [0.3, 0.4) is 0 Å². The lowest BCUT2D eigenvalue weighted by atomic mass is 9.88. The molecule has 0 aliphatic heterocycles. The fourth-order valence-electron chi connectivity index (χ4n) is 2.45. The smallest absolute Gasteiger partial charge is 0.376 e. The van der Waals surface area contributed by atoms with Crippen LogP contribution in [-0.2, 0) is 12.0 Å². The summed E-state index contributed by atoms with van der Waals surface area (Å²) in [6.07, 6.45) is -2.12. The van der Waals surface area contributed by atoms with Gasteiger partial charge in [0.1, 0.15) is 0 Å². The van der Waals surface area contributed by atoms with Gasteiger partial charge in [0.25, 0.3) is 0 Å². The van der Waals surface area contributed by atoms with E-state index < -0.39 is 11.8 Å². The second-order valence-electron chi connectivity index (χ2n) is 5.54. The Labute approximate surface area is 122 Å². The lowest BCUT2D eigenvalue weighted by molar-refractivity contribution is -0.258. The van der Waals surface area contributed by atoms with Crippen molar-refractivity contribution in [3.05, 3.63) is 47.5 Å². The molecule has 1 nitrogen and oxygen atoms in total. The van der Waals surface area contributed by atoms with E-state index in [0.717, 1.165) is 30.7 Å². The predicted octanol–water partition coefficient (Wildman–Crippen LogP) is 4.95. The summed E-state index contributed by atoms with van der Waals surface area (Å²) in [5.41, 5.74) is -2.09. The summed E-state index contributed by atoms with van der Waals surface area (Å²) in [4.78, 5) is 0. The van der Waals surface area contributed by atoms with Crippen LogP contribution in [0.25, 0.3) is 10.8 Å². The van der Waals surface area contributed by atoms with E-state index in [1.807, 2.05) is 13.0 Å². The fourth-order valence-corrected chi connectivity index (χ4v) is 2.45. The predicted molar refractivity (Wildman–Crippen MR) is 78.2 cm³/mol. The van der Waals surface area contributed by atoms with Crippen molar-refractivity contribution in [1.29, 1.82) is 0 Å². The van der Waals surface area contributed by atoms with Crippen molar-refractivity contribution in [3.8, 4) is 0 Å². The first kappa shape index (κ1) is 15.8. The normalized spacial score (nSPS) is 15.1. The number of halogens is 3. The summed E-state index contributed by atoms with van der Waals surface area (Å²) >= 11 is 0. The monoisotopic (exact) mass is 296 g/mol. The van der Waals surface area contributed by atoms with Gasteiger partial charge in [0.05, 0.1) is 0 Å². The first-order chi connectivity index (χ1) is 9.77. The highest BCUT2D eigenvalue weighted by atomic mass is 19.4. The number of alkyl halides is 3. The minimum absolute atomic E-state index is 0.0702. The molecule has 4 heteroatoms. The van der Waals surface area contributed by atoms with E-state index in [9.17, 15) is 18.3 Å². The van der Waals surface area contributed by atoms with Gasteiger partial charge in [-0.25, -0.2) is 0 Å². The van der Waals surface area contributed by atoms with Crippen LogP contribution in [0.1, 0.15) is 37.8 Å². The number of hydrogen-bond donors (Lipinski definition) is 1. The number of fused-ring (bicyclic) bond motifs is 1. The Hall–Kier alpha value is -1.55. The van der Waals surface area contributed by atoms with Crippen molar-refractivity contribution in [2.75, 3.05) is 0 Å². The van der Waals surface area contributed by atoms with E-state index in [0.29, 0.717) is 11.8 Å². The lowest BCUT2D eigenvalue weighted by Gasteiger charge is -2.28. The minimum atomic E-state index is -4.71. The third-order valence-corrected chi connectivity index (χ3v) is 3.82. The van der Waals surface area contributed by atoms with E-state index in [2.05, 4.69) is 0 Å². The number of benzene rings is 2. The molecule has 1 N–H and O–H groups in total. The largest absolute Gasteiger partial charge is 0.421 e. The summed E-state index contributed by atoms with van der Waals surface area (Å²) in [6, 6.07) is 10.3. The number of aliphatic hydroxyl groups is 1. The van der Waals surface area contributed by atoms with Gasteiger partial charge < -0.3 is 5.11 Å². The molecule has 1 unspecified atom stereocenters. The Morgan fingerprint density at radius 2 is 1.76 bits per heavy atom. The van der Waals surface area contributed by atoms with Crippen LogP contribution < -0.4 is 0 Å². The zero-order valence-corrected chi connectivity index (χ0v) is 12.2. The molecular weight excluding hydrogens is 277 g/mol. The molecule has 0 saturated carbocycles. The molecule has 0 aliphatic rings. The maximum atomic E-state index is 13.2. The molecule has 114 valence electrons. The summed E-state index contributed by atoms with van der Waals surface area (Å²) in [6.45, 7) is 2.85. The Kier molecular flexibility index (Phi) is 4.28.